The number of benzene rings is 1. The predicted octanol–water partition coefficient (Wildman–Crippen LogP) is 2.47. The van der Waals surface area contributed by atoms with Crippen molar-refractivity contribution >= 4 is 5.97 Å². The van der Waals surface area contributed by atoms with Gasteiger partial charge in [0.25, 0.3) is 0 Å². The zero-order chi connectivity index (χ0) is 13.2. The van der Waals surface area contributed by atoms with Crippen molar-refractivity contribution in [3.05, 3.63) is 29.6 Å². The summed E-state index contributed by atoms with van der Waals surface area (Å²) in [7, 11) is 0. The summed E-state index contributed by atoms with van der Waals surface area (Å²) in [6, 6.07) is 5.67. The molecule has 1 aromatic carbocycles. The lowest BCUT2D eigenvalue weighted by Gasteiger charge is -2.40. The molecule has 0 aliphatic heterocycles. The van der Waals surface area contributed by atoms with E-state index in [0.717, 1.165) is 12.5 Å². The van der Waals surface area contributed by atoms with Gasteiger partial charge in [-0.3, -0.25) is 4.79 Å². The Hall–Kier alpha value is -2.09. The maximum Gasteiger partial charge on any atom is 0.307 e. The number of hydrogen-bond acceptors (Lipinski definition) is 3. The van der Waals surface area contributed by atoms with E-state index in [9.17, 15) is 9.18 Å². The summed E-state index contributed by atoms with van der Waals surface area (Å²) < 4.78 is 19.0. The lowest BCUT2D eigenvalue weighted by molar-refractivity contribution is -0.144. The number of ether oxygens (including phenoxy) is 1. The minimum absolute atomic E-state index is 0.0526. The number of carboxylic acid groups (broad SMARTS) is 1. The number of hydrogen-bond donors (Lipinski definition) is 1. The summed E-state index contributed by atoms with van der Waals surface area (Å²) in [6.45, 7) is 0. The maximum absolute atomic E-state index is 13.4. The van der Waals surface area contributed by atoms with Gasteiger partial charge < -0.3 is 9.84 Å². The van der Waals surface area contributed by atoms with E-state index in [1.54, 1.807) is 6.07 Å². The van der Waals surface area contributed by atoms with Crippen LogP contribution >= 0.6 is 0 Å². The van der Waals surface area contributed by atoms with Crippen molar-refractivity contribution in [2.24, 2.45) is 0 Å². The summed E-state index contributed by atoms with van der Waals surface area (Å²) in [5.74, 6) is -1.31. The van der Waals surface area contributed by atoms with Gasteiger partial charge >= 0.3 is 5.97 Å². The van der Waals surface area contributed by atoms with Crippen LogP contribution in [0.1, 0.15) is 31.2 Å². The van der Waals surface area contributed by atoms with E-state index in [2.05, 4.69) is 0 Å². The molecule has 1 N–H and O–H groups in total. The highest BCUT2D eigenvalue weighted by atomic mass is 19.1. The monoisotopic (exact) mass is 249 g/mol. The quantitative estimate of drug-likeness (QED) is 0.889. The van der Waals surface area contributed by atoms with Gasteiger partial charge in [0.2, 0.25) is 0 Å². The van der Waals surface area contributed by atoms with Crippen molar-refractivity contribution in [3.8, 4) is 11.8 Å². The van der Waals surface area contributed by atoms with E-state index in [-0.39, 0.29) is 17.7 Å². The van der Waals surface area contributed by atoms with E-state index in [4.69, 9.17) is 15.1 Å². The lowest BCUT2D eigenvalue weighted by atomic mass is 9.77. The highest BCUT2D eigenvalue weighted by Gasteiger charge is 2.41. The Labute approximate surface area is 104 Å². The SMILES string of the molecule is N#Cc1ccc(OC2(CC(=O)O)CCC2)cc1F. The summed E-state index contributed by atoms with van der Waals surface area (Å²) in [6.07, 6.45) is 2.13. The van der Waals surface area contributed by atoms with Crippen molar-refractivity contribution in [2.45, 2.75) is 31.3 Å². The van der Waals surface area contributed by atoms with Crippen LogP contribution in [0.3, 0.4) is 0 Å². The lowest BCUT2D eigenvalue weighted by Crippen LogP contribution is -2.45. The van der Waals surface area contributed by atoms with Gasteiger partial charge in [-0.25, -0.2) is 4.39 Å². The molecule has 0 amide bonds. The summed E-state index contributed by atoms with van der Waals surface area (Å²) in [5, 5.41) is 17.4. The molecule has 2 rings (SSSR count). The number of nitrogens with zero attached hydrogens (tertiary/aromatic N) is 1. The average molecular weight is 249 g/mol. The first-order valence-corrected chi connectivity index (χ1v) is 5.65. The first-order valence-electron chi connectivity index (χ1n) is 5.65. The predicted molar refractivity (Wildman–Crippen MR) is 60.6 cm³/mol. The third-order valence-electron chi connectivity index (χ3n) is 3.13. The van der Waals surface area contributed by atoms with Crippen LogP contribution in [0.4, 0.5) is 4.39 Å². The molecule has 1 aliphatic rings. The van der Waals surface area contributed by atoms with E-state index in [0.29, 0.717) is 12.8 Å². The van der Waals surface area contributed by atoms with Crippen LogP contribution in [0, 0.1) is 17.1 Å². The second kappa shape index (κ2) is 4.65. The fourth-order valence-electron chi connectivity index (χ4n) is 2.06. The number of carboxylic acids is 1. The molecule has 94 valence electrons. The van der Waals surface area contributed by atoms with Gasteiger partial charge in [0.15, 0.2) is 0 Å². The summed E-state index contributed by atoms with van der Waals surface area (Å²) in [5.41, 5.74) is -0.768. The zero-order valence-corrected chi connectivity index (χ0v) is 9.65. The fraction of sp³-hybridized carbons (Fsp3) is 0.385. The second-order valence-electron chi connectivity index (χ2n) is 4.46. The Morgan fingerprint density at radius 2 is 2.28 bits per heavy atom. The second-order valence-corrected chi connectivity index (χ2v) is 4.46. The standard InChI is InChI=1S/C13H12FNO3/c14-11-6-10(3-2-9(11)8-15)18-13(4-1-5-13)7-12(16)17/h2-3,6H,1,4-5,7H2,(H,16,17). The third kappa shape index (κ3) is 2.43. The van der Waals surface area contributed by atoms with Gasteiger partial charge in [-0.15, -0.1) is 0 Å². The fourth-order valence-corrected chi connectivity index (χ4v) is 2.06. The van der Waals surface area contributed by atoms with E-state index >= 15 is 0 Å². The van der Waals surface area contributed by atoms with Crippen molar-refractivity contribution in [1.29, 1.82) is 5.26 Å². The third-order valence-corrected chi connectivity index (χ3v) is 3.13. The molecule has 0 unspecified atom stereocenters. The van der Waals surface area contributed by atoms with Crippen molar-refractivity contribution < 1.29 is 19.0 Å². The number of nitriles is 1. The van der Waals surface area contributed by atoms with Crippen LogP contribution in [0.25, 0.3) is 0 Å². The molecule has 1 aliphatic carbocycles. The molecule has 0 spiro atoms. The zero-order valence-electron chi connectivity index (χ0n) is 9.65. The molecule has 4 nitrogen and oxygen atoms in total. The van der Waals surface area contributed by atoms with Crippen LogP contribution in [-0.2, 0) is 4.79 Å². The van der Waals surface area contributed by atoms with Crippen LogP contribution in [0.2, 0.25) is 0 Å². The molecular formula is C13H12FNO3. The van der Waals surface area contributed by atoms with Gasteiger partial charge in [0.05, 0.1) is 12.0 Å². The summed E-state index contributed by atoms with van der Waals surface area (Å²) >= 11 is 0. The van der Waals surface area contributed by atoms with Crippen LogP contribution in [0.5, 0.6) is 5.75 Å². The molecule has 0 saturated heterocycles. The van der Waals surface area contributed by atoms with Crippen molar-refractivity contribution in [2.75, 3.05) is 0 Å². The minimum Gasteiger partial charge on any atom is -0.487 e. The highest BCUT2D eigenvalue weighted by Crippen LogP contribution is 2.39. The Morgan fingerprint density at radius 3 is 2.72 bits per heavy atom. The van der Waals surface area contributed by atoms with Crippen LogP contribution in [-0.4, -0.2) is 16.7 Å². The van der Waals surface area contributed by atoms with Gasteiger partial charge in [-0.2, -0.15) is 5.26 Å². The average Bonchev–Trinajstić information content (AvgIpc) is 2.25. The number of halogens is 1. The van der Waals surface area contributed by atoms with Gasteiger partial charge in [0, 0.05) is 6.07 Å². The molecule has 1 aromatic rings. The van der Waals surface area contributed by atoms with E-state index in [1.807, 2.05) is 0 Å². The first kappa shape index (κ1) is 12.4. The highest BCUT2D eigenvalue weighted by molar-refractivity contribution is 5.68. The molecule has 5 heteroatoms. The Balaban J connectivity index is 2.15. The largest absolute Gasteiger partial charge is 0.487 e. The van der Waals surface area contributed by atoms with E-state index < -0.39 is 17.4 Å². The molecule has 0 radical (unpaired) electrons. The van der Waals surface area contributed by atoms with E-state index in [1.165, 1.54) is 12.1 Å². The topological polar surface area (TPSA) is 70.3 Å². The van der Waals surface area contributed by atoms with Crippen LogP contribution in [0.15, 0.2) is 18.2 Å². The van der Waals surface area contributed by atoms with Gasteiger partial charge in [-0.05, 0) is 31.4 Å². The molecular weight excluding hydrogens is 237 g/mol. The van der Waals surface area contributed by atoms with Crippen molar-refractivity contribution in [1.82, 2.24) is 0 Å². The molecule has 0 bridgehead atoms. The number of aliphatic carboxylic acids is 1. The minimum atomic E-state index is -0.927. The smallest absolute Gasteiger partial charge is 0.307 e. The first-order chi connectivity index (χ1) is 8.54. The molecule has 18 heavy (non-hydrogen) atoms. The molecule has 0 heterocycles. The van der Waals surface area contributed by atoms with Gasteiger partial charge in [-0.1, -0.05) is 0 Å². The maximum atomic E-state index is 13.4. The van der Waals surface area contributed by atoms with Crippen molar-refractivity contribution in [3.63, 3.8) is 0 Å². The Bertz CT molecular complexity index is 517. The normalized spacial score (nSPS) is 16.4. The Kier molecular flexibility index (Phi) is 3.19. The van der Waals surface area contributed by atoms with Crippen LogP contribution < -0.4 is 4.74 Å². The molecule has 1 saturated carbocycles. The Morgan fingerprint density at radius 1 is 1.56 bits per heavy atom. The molecule has 0 atom stereocenters. The molecule has 0 aromatic heterocycles. The number of carbonyl (C=O) groups is 1. The molecule has 1 fully saturated rings. The van der Waals surface area contributed by atoms with Gasteiger partial charge in [0.1, 0.15) is 23.2 Å². The number of rotatable bonds is 4. The summed E-state index contributed by atoms with van der Waals surface area (Å²) in [4.78, 5) is 10.8.